The van der Waals surface area contributed by atoms with E-state index in [1.807, 2.05) is 35.3 Å². The van der Waals surface area contributed by atoms with E-state index in [4.69, 9.17) is 20.8 Å². The van der Waals surface area contributed by atoms with Crippen molar-refractivity contribution < 1.29 is 13.9 Å². The number of ether oxygens (including phenoxy) is 1. The Labute approximate surface area is 281 Å². The molecule has 0 radical (unpaired) electrons. The van der Waals surface area contributed by atoms with Crippen LogP contribution in [0.2, 0.25) is 5.02 Å². The number of benzene rings is 2. The van der Waals surface area contributed by atoms with Gasteiger partial charge in [0.05, 0.1) is 5.39 Å². The van der Waals surface area contributed by atoms with Crippen LogP contribution in [0.3, 0.4) is 0 Å². The second kappa shape index (κ2) is 15.3. The monoisotopic (exact) mass is 657 g/mol. The van der Waals surface area contributed by atoms with Gasteiger partial charge in [-0.25, -0.2) is 4.98 Å². The second-order valence-electron chi connectivity index (χ2n) is 13.2. The molecule has 1 saturated carbocycles. The van der Waals surface area contributed by atoms with Gasteiger partial charge in [0.25, 0.3) is 5.91 Å². The maximum absolute atomic E-state index is 13.5. The summed E-state index contributed by atoms with van der Waals surface area (Å²) in [7, 11) is 0. The van der Waals surface area contributed by atoms with E-state index in [2.05, 4.69) is 26.9 Å². The first kappa shape index (κ1) is 33.0. The summed E-state index contributed by atoms with van der Waals surface area (Å²) in [4.78, 5) is 33.3. The molecule has 47 heavy (non-hydrogen) atoms. The largest absolute Gasteiger partial charge is 0.490 e. The number of nitrogens with zero attached hydrogens (tertiary/aromatic N) is 4. The standard InChI is InChI=1S/C37H44ClN5O4/c1-2-20-46-31-12-13-34-32(22-31)33(44)23-35(47-34)36(45)41-30(21-27-8-10-29(38)11-9-27)14-17-42-18-15-37(16-19-42,24-43-26-39-25-40-43)28-6-4-3-5-7-28/h2,8-13,22-23,25-26,28,30H,1,3-7,14-21,24H2,(H,41,45)/t30-/m1/s1. The summed E-state index contributed by atoms with van der Waals surface area (Å²) in [5.74, 6) is 0.851. The highest BCUT2D eigenvalue weighted by Gasteiger charge is 2.42. The third kappa shape index (κ3) is 8.32. The first-order chi connectivity index (χ1) is 22.9. The van der Waals surface area contributed by atoms with Crippen molar-refractivity contribution in [1.29, 1.82) is 0 Å². The SMILES string of the molecule is C=CCOc1ccc2oc(C(=O)N[C@H](CCN3CCC(Cn4cncn4)(C4CCCCC4)CC3)Cc3ccc(Cl)cc3)cc(=O)c2c1. The highest BCUT2D eigenvalue weighted by Crippen LogP contribution is 2.47. The topological polar surface area (TPSA) is 102 Å². The van der Waals surface area contributed by atoms with Gasteiger partial charge in [-0.3, -0.25) is 14.3 Å². The molecular weight excluding hydrogens is 614 g/mol. The minimum Gasteiger partial charge on any atom is -0.490 e. The Morgan fingerprint density at radius 1 is 1.13 bits per heavy atom. The molecule has 1 atom stereocenters. The predicted molar refractivity (Wildman–Crippen MR) is 184 cm³/mol. The molecule has 2 aromatic carbocycles. The predicted octanol–water partition coefficient (Wildman–Crippen LogP) is 6.70. The summed E-state index contributed by atoms with van der Waals surface area (Å²) in [6, 6.07) is 13.8. The first-order valence-corrected chi connectivity index (χ1v) is 17.2. The van der Waals surface area contributed by atoms with Crippen molar-refractivity contribution in [2.45, 2.75) is 70.4 Å². The Kier molecular flexibility index (Phi) is 10.7. The van der Waals surface area contributed by atoms with Crippen LogP contribution in [-0.2, 0) is 13.0 Å². The number of fused-ring (bicyclic) bond motifs is 1. The molecule has 0 spiro atoms. The van der Waals surface area contributed by atoms with Gasteiger partial charge in [0.1, 0.15) is 30.6 Å². The summed E-state index contributed by atoms with van der Waals surface area (Å²) in [5, 5.41) is 8.68. The summed E-state index contributed by atoms with van der Waals surface area (Å²) in [6.07, 6.45) is 15.4. The minimum absolute atomic E-state index is 0.00767. The quantitative estimate of drug-likeness (QED) is 0.160. The summed E-state index contributed by atoms with van der Waals surface area (Å²) >= 11 is 6.16. The Balaban J connectivity index is 1.13. The molecule has 2 aliphatic rings. The number of carbonyl (C=O) groups is 1. The van der Waals surface area contributed by atoms with E-state index in [9.17, 15) is 9.59 Å². The molecule has 0 bridgehead atoms. The van der Waals surface area contributed by atoms with Crippen LogP contribution in [0.15, 0.2) is 83.1 Å². The smallest absolute Gasteiger partial charge is 0.287 e. The normalized spacial score (nSPS) is 17.7. The zero-order valence-corrected chi connectivity index (χ0v) is 27.7. The number of aromatic nitrogens is 3. The number of amides is 1. The van der Waals surface area contributed by atoms with Crippen LogP contribution in [0.4, 0.5) is 0 Å². The van der Waals surface area contributed by atoms with E-state index in [-0.39, 0.29) is 22.6 Å². The average Bonchev–Trinajstić information content (AvgIpc) is 3.61. The Hall–Kier alpha value is -3.95. The summed E-state index contributed by atoms with van der Waals surface area (Å²) < 4.78 is 13.5. The van der Waals surface area contributed by atoms with E-state index in [1.165, 1.54) is 38.2 Å². The molecule has 1 saturated heterocycles. The highest BCUT2D eigenvalue weighted by molar-refractivity contribution is 6.30. The van der Waals surface area contributed by atoms with Crippen LogP contribution in [-0.4, -0.2) is 57.9 Å². The summed E-state index contributed by atoms with van der Waals surface area (Å²) in [5.41, 5.74) is 1.36. The Morgan fingerprint density at radius 3 is 2.64 bits per heavy atom. The lowest BCUT2D eigenvalue weighted by Gasteiger charge is -2.48. The molecule has 4 aromatic rings. The van der Waals surface area contributed by atoms with Gasteiger partial charge in [0.15, 0.2) is 11.2 Å². The van der Waals surface area contributed by atoms with Crippen molar-refractivity contribution in [3.05, 3.63) is 100 Å². The molecule has 6 rings (SSSR count). The first-order valence-electron chi connectivity index (χ1n) is 16.8. The lowest BCUT2D eigenvalue weighted by atomic mass is 9.63. The van der Waals surface area contributed by atoms with Gasteiger partial charge < -0.3 is 19.4 Å². The van der Waals surface area contributed by atoms with Crippen molar-refractivity contribution in [3.63, 3.8) is 0 Å². The second-order valence-corrected chi connectivity index (χ2v) is 13.6. The summed E-state index contributed by atoms with van der Waals surface area (Å²) in [6.45, 7) is 7.81. The fourth-order valence-electron chi connectivity index (χ4n) is 7.49. The zero-order chi connectivity index (χ0) is 32.6. The maximum atomic E-state index is 13.5. The number of rotatable bonds is 13. The van der Waals surface area contributed by atoms with Crippen molar-refractivity contribution in [1.82, 2.24) is 25.0 Å². The van der Waals surface area contributed by atoms with E-state index in [0.29, 0.717) is 34.8 Å². The minimum atomic E-state index is -0.405. The van der Waals surface area contributed by atoms with Crippen LogP contribution < -0.4 is 15.5 Å². The number of hydrogen-bond acceptors (Lipinski definition) is 7. The molecule has 3 heterocycles. The fourth-order valence-corrected chi connectivity index (χ4v) is 7.61. The Bertz CT molecular complexity index is 1690. The highest BCUT2D eigenvalue weighted by atomic mass is 35.5. The van der Waals surface area contributed by atoms with Crippen LogP contribution >= 0.6 is 11.6 Å². The van der Waals surface area contributed by atoms with Crippen LogP contribution in [0.5, 0.6) is 5.75 Å². The lowest BCUT2D eigenvalue weighted by molar-refractivity contribution is 0.0104. The molecule has 1 aliphatic heterocycles. The van der Waals surface area contributed by atoms with E-state index < -0.39 is 5.91 Å². The van der Waals surface area contributed by atoms with E-state index >= 15 is 0 Å². The molecule has 248 valence electrons. The Morgan fingerprint density at radius 2 is 1.91 bits per heavy atom. The third-order valence-electron chi connectivity index (χ3n) is 10.1. The molecule has 10 heteroatoms. The molecule has 1 aliphatic carbocycles. The molecule has 2 aromatic heterocycles. The van der Waals surface area contributed by atoms with Crippen molar-refractivity contribution in [2.75, 3.05) is 26.2 Å². The number of piperidine rings is 1. The van der Waals surface area contributed by atoms with Crippen LogP contribution in [0, 0.1) is 11.3 Å². The van der Waals surface area contributed by atoms with Crippen molar-refractivity contribution in [3.8, 4) is 5.75 Å². The third-order valence-corrected chi connectivity index (χ3v) is 10.3. The van der Waals surface area contributed by atoms with Crippen LogP contribution in [0.25, 0.3) is 11.0 Å². The van der Waals surface area contributed by atoms with Gasteiger partial charge in [-0.05, 0) is 98.8 Å². The maximum Gasteiger partial charge on any atom is 0.287 e. The fraction of sp³-hybridized carbons (Fsp3) is 0.459. The number of likely N-dealkylation sites (tertiary alicyclic amines) is 1. The molecule has 1 N–H and O–H groups in total. The van der Waals surface area contributed by atoms with E-state index in [0.717, 1.165) is 56.9 Å². The molecule has 9 nitrogen and oxygen atoms in total. The lowest BCUT2D eigenvalue weighted by Crippen LogP contribution is -2.48. The molecule has 1 amide bonds. The number of halogens is 1. The van der Waals surface area contributed by atoms with Gasteiger partial charge >= 0.3 is 0 Å². The molecule has 2 fully saturated rings. The number of hydrogen-bond donors (Lipinski definition) is 1. The zero-order valence-electron chi connectivity index (χ0n) is 26.9. The molecular formula is C37H44ClN5O4. The number of nitrogens with one attached hydrogen (secondary N) is 1. The van der Waals surface area contributed by atoms with Crippen molar-refractivity contribution in [2.24, 2.45) is 11.3 Å². The van der Waals surface area contributed by atoms with Crippen LogP contribution in [0.1, 0.15) is 67.5 Å². The van der Waals surface area contributed by atoms with Crippen molar-refractivity contribution >= 4 is 28.5 Å². The average molecular weight is 658 g/mol. The van der Waals surface area contributed by atoms with Gasteiger partial charge in [-0.15, -0.1) is 0 Å². The van der Waals surface area contributed by atoms with E-state index in [1.54, 1.807) is 30.6 Å². The van der Waals surface area contributed by atoms with Gasteiger partial charge in [0.2, 0.25) is 0 Å². The van der Waals surface area contributed by atoms with Gasteiger partial charge in [-0.1, -0.05) is 55.7 Å². The molecule has 0 unspecified atom stereocenters. The number of carbonyl (C=O) groups excluding carboxylic acids is 1. The van der Waals surface area contributed by atoms with Gasteiger partial charge in [-0.2, -0.15) is 5.10 Å². The van der Waals surface area contributed by atoms with Gasteiger partial charge in [0, 0.05) is 30.2 Å².